The molecule has 4 rings (SSSR count). The van der Waals surface area contributed by atoms with Crippen LogP contribution in [-0.4, -0.2) is 33.7 Å². The number of piperidine rings is 1. The average Bonchev–Trinajstić information content (AvgIpc) is 3.14. The summed E-state index contributed by atoms with van der Waals surface area (Å²) in [6.07, 6.45) is 4.17. The van der Waals surface area contributed by atoms with Gasteiger partial charge in [0.05, 0.1) is 17.6 Å². The maximum atomic E-state index is 4.87. The molecule has 1 aliphatic heterocycles. The number of hydrogen-bond donors (Lipinski definition) is 3. The molecular formula is C22H31ClN6. The second kappa shape index (κ2) is 9.46. The van der Waals surface area contributed by atoms with Crippen LogP contribution in [0, 0.1) is 0 Å². The van der Waals surface area contributed by atoms with Gasteiger partial charge in [-0.25, -0.2) is 9.50 Å². The third-order valence-electron chi connectivity index (χ3n) is 5.45. The van der Waals surface area contributed by atoms with Gasteiger partial charge < -0.3 is 16.0 Å². The number of aromatic nitrogens is 3. The fraction of sp³-hybridized carbons (Fsp3) is 0.455. The van der Waals surface area contributed by atoms with Crippen molar-refractivity contribution in [1.82, 2.24) is 19.9 Å². The van der Waals surface area contributed by atoms with Gasteiger partial charge in [-0.15, -0.1) is 17.5 Å². The van der Waals surface area contributed by atoms with Crippen molar-refractivity contribution >= 4 is 29.6 Å². The number of benzene rings is 1. The Labute approximate surface area is 178 Å². The first kappa shape index (κ1) is 21.4. The lowest BCUT2D eigenvalue weighted by Crippen LogP contribution is -2.35. The standard InChI is InChI=1S/C22H30N6.ClH/c1-15(2)20-14-24-22-19(25-16(3)17-7-5-4-6-8-17)13-21(27-28(20)22)26-18-9-11-23-12-10-18;/h4-8,13-16,18,23,25H,9-12H2,1-3H3,(H,26,27);1H/t16-;/m0./s1. The maximum absolute atomic E-state index is 4.87. The molecule has 3 heterocycles. The average molecular weight is 415 g/mol. The summed E-state index contributed by atoms with van der Waals surface area (Å²) in [4.78, 5) is 4.67. The number of rotatable bonds is 6. The van der Waals surface area contributed by atoms with E-state index in [0.717, 1.165) is 48.8 Å². The molecule has 1 aromatic carbocycles. The normalized spacial score (nSPS) is 15.9. The van der Waals surface area contributed by atoms with Crippen LogP contribution in [0.4, 0.5) is 11.5 Å². The molecule has 0 bridgehead atoms. The van der Waals surface area contributed by atoms with Crippen molar-refractivity contribution < 1.29 is 0 Å². The molecule has 1 saturated heterocycles. The smallest absolute Gasteiger partial charge is 0.177 e. The zero-order valence-electron chi connectivity index (χ0n) is 17.4. The fourth-order valence-corrected chi connectivity index (χ4v) is 3.79. The highest BCUT2D eigenvalue weighted by Gasteiger charge is 2.18. The van der Waals surface area contributed by atoms with E-state index in [4.69, 9.17) is 5.10 Å². The number of fused-ring (bicyclic) bond motifs is 1. The number of anilines is 2. The van der Waals surface area contributed by atoms with Gasteiger partial charge in [0.2, 0.25) is 0 Å². The molecule has 1 atom stereocenters. The first-order chi connectivity index (χ1) is 13.6. The molecule has 0 aliphatic carbocycles. The fourth-order valence-electron chi connectivity index (χ4n) is 3.79. The van der Waals surface area contributed by atoms with E-state index >= 15 is 0 Å². The van der Waals surface area contributed by atoms with Crippen molar-refractivity contribution in [1.29, 1.82) is 0 Å². The van der Waals surface area contributed by atoms with Crippen LogP contribution >= 0.6 is 12.4 Å². The lowest BCUT2D eigenvalue weighted by atomic mass is 10.1. The molecule has 2 aromatic heterocycles. The predicted octanol–water partition coefficient (Wildman–Crippen LogP) is 4.61. The Morgan fingerprint density at radius 3 is 2.52 bits per heavy atom. The van der Waals surface area contributed by atoms with Gasteiger partial charge >= 0.3 is 0 Å². The van der Waals surface area contributed by atoms with E-state index in [1.54, 1.807) is 0 Å². The molecule has 156 valence electrons. The molecule has 0 spiro atoms. The van der Waals surface area contributed by atoms with E-state index in [2.05, 4.69) is 72.0 Å². The Morgan fingerprint density at radius 1 is 1.10 bits per heavy atom. The topological polar surface area (TPSA) is 66.3 Å². The molecule has 1 fully saturated rings. The summed E-state index contributed by atoms with van der Waals surface area (Å²) in [6, 6.07) is 13.2. The first-order valence-corrected chi connectivity index (χ1v) is 10.3. The van der Waals surface area contributed by atoms with Gasteiger partial charge in [-0.1, -0.05) is 44.2 Å². The summed E-state index contributed by atoms with van der Waals surface area (Å²) in [5, 5.41) is 15.6. The highest BCUT2D eigenvalue weighted by molar-refractivity contribution is 5.85. The predicted molar refractivity (Wildman–Crippen MR) is 122 cm³/mol. The van der Waals surface area contributed by atoms with Crippen LogP contribution < -0.4 is 16.0 Å². The maximum Gasteiger partial charge on any atom is 0.177 e. The quantitative estimate of drug-likeness (QED) is 0.549. The second-order valence-electron chi connectivity index (χ2n) is 7.96. The Balaban J connectivity index is 0.00000240. The van der Waals surface area contributed by atoms with E-state index in [0.29, 0.717) is 12.0 Å². The van der Waals surface area contributed by atoms with Crippen LogP contribution in [0.1, 0.15) is 56.8 Å². The highest BCUT2D eigenvalue weighted by atomic mass is 35.5. The van der Waals surface area contributed by atoms with Crippen LogP contribution in [0.5, 0.6) is 0 Å². The van der Waals surface area contributed by atoms with Crippen LogP contribution in [-0.2, 0) is 0 Å². The van der Waals surface area contributed by atoms with Crippen molar-refractivity contribution in [2.45, 2.75) is 51.6 Å². The summed E-state index contributed by atoms with van der Waals surface area (Å²) < 4.78 is 1.99. The molecule has 0 amide bonds. The van der Waals surface area contributed by atoms with Crippen molar-refractivity contribution in [3.63, 3.8) is 0 Å². The van der Waals surface area contributed by atoms with Gasteiger partial charge in [0.1, 0.15) is 5.82 Å². The number of halogens is 1. The van der Waals surface area contributed by atoms with E-state index in [-0.39, 0.29) is 18.4 Å². The van der Waals surface area contributed by atoms with E-state index in [9.17, 15) is 0 Å². The van der Waals surface area contributed by atoms with Crippen molar-refractivity contribution in [2.24, 2.45) is 0 Å². The van der Waals surface area contributed by atoms with Gasteiger partial charge in [0, 0.05) is 18.2 Å². The minimum Gasteiger partial charge on any atom is -0.375 e. The zero-order chi connectivity index (χ0) is 19.5. The molecule has 0 saturated carbocycles. The van der Waals surface area contributed by atoms with Gasteiger partial charge in [0.15, 0.2) is 5.65 Å². The molecule has 0 unspecified atom stereocenters. The first-order valence-electron chi connectivity index (χ1n) is 10.3. The van der Waals surface area contributed by atoms with Gasteiger partial charge in [-0.3, -0.25) is 0 Å². The number of imidazole rings is 1. The molecule has 1 aliphatic rings. The molecule has 7 heteroatoms. The summed E-state index contributed by atoms with van der Waals surface area (Å²) >= 11 is 0. The lowest BCUT2D eigenvalue weighted by Gasteiger charge is -2.25. The molecule has 3 aromatic rings. The Morgan fingerprint density at radius 2 is 1.83 bits per heavy atom. The SMILES string of the molecule is CC(C)c1cnc2c(N[C@@H](C)c3ccccc3)cc(NC3CCNCC3)nn12.Cl. The summed E-state index contributed by atoms with van der Waals surface area (Å²) in [7, 11) is 0. The molecule has 29 heavy (non-hydrogen) atoms. The molecule has 6 nitrogen and oxygen atoms in total. The van der Waals surface area contributed by atoms with Gasteiger partial charge in [-0.05, 0) is 44.3 Å². The number of nitrogens with one attached hydrogen (secondary N) is 3. The Kier molecular flexibility index (Phi) is 6.98. The monoisotopic (exact) mass is 414 g/mol. The third kappa shape index (κ3) is 4.82. The summed E-state index contributed by atoms with van der Waals surface area (Å²) in [6.45, 7) is 8.64. The Bertz CT molecular complexity index is 918. The van der Waals surface area contributed by atoms with Crippen molar-refractivity contribution in [2.75, 3.05) is 23.7 Å². The molecular weight excluding hydrogens is 384 g/mol. The van der Waals surface area contributed by atoms with Crippen molar-refractivity contribution in [3.8, 4) is 0 Å². The van der Waals surface area contributed by atoms with E-state index in [1.165, 1.54) is 5.56 Å². The molecule has 3 N–H and O–H groups in total. The summed E-state index contributed by atoms with van der Waals surface area (Å²) in [5.41, 5.74) is 4.26. The highest BCUT2D eigenvalue weighted by Crippen LogP contribution is 2.27. The minimum atomic E-state index is 0. The van der Waals surface area contributed by atoms with Crippen LogP contribution in [0.15, 0.2) is 42.6 Å². The van der Waals surface area contributed by atoms with Gasteiger partial charge in [0.25, 0.3) is 0 Å². The van der Waals surface area contributed by atoms with Crippen LogP contribution in [0.3, 0.4) is 0 Å². The largest absolute Gasteiger partial charge is 0.375 e. The summed E-state index contributed by atoms with van der Waals surface area (Å²) in [5.74, 6) is 1.26. The third-order valence-corrected chi connectivity index (χ3v) is 5.45. The molecule has 0 radical (unpaired) electrons. The van der Waals surface area contributed by atoms with Gasteiger partial charge in [-0.2, -0.15) is 0 Å². The van der Waals surface area contributed by atoms with E-state index < -0.39 is 0 Å². The number of nitrogens with zero attached hydrogens (tertiary/aromatic N) is 3. The van der Waals surface area contributed by atoms with Crippen LogP contribution in [0.25, 0.3) is 5.65 Å². The minimum absolute atomic E-state index is 0. The van der Waals surface area contributed by atoms with Crippen LogP contribution in [0.2, 0.25) is 0 Å². The zero-order valence-corrected chi connectivity index (χ0v) is 18.2. The van der Waals surface area contributed by atoms with E-state index in [1.807, 2.05) is 16.8 Å². The van der Waals surface area contributed by atoms with Crippen molar-refractivity contribution in [3.05, 3.63) is 53.9 Å². The second-order valence-corrected chi connectivity index (χ2v) is 7.96. The Hall–Kier alpha value is -2.31. The lowest BCUT2D eigenvalue weighted by molar-refractivity contribution is 0.477. The number of hydrogen-bond acceptors (Lipinski definition) is 5.